The van der Waals surface area contributed by atoms with E-state index < -0.39 is 77.5 Å². The first-order valence-corrected chi connectivity index (χ1v) is 43.2. The number of ketones is 7. The minimum atomic E-state index is -0.840. The highest BCUT2D eigenvalue weighted by atomic mass is 16.6. The summed E-state index contributed by atoms with van der Waals surface area (Å²) in [6.45, 7) is 48.1. The molecule has 5 amide bonds. The molecule has 3 saturated heterocycles. The maximum Gasteiger partial charge on any atom is 0.338 e. The minimum absolute atomic E-state index is 0.0265. The molecule has 4 fully saturated rings. The van der Waals surface area contributed by atoms with Gasteiger partial charge in [0.1, 0.15) is 36.0 Å². The first kappa shape index (κ1) is 112. The number of carbonyl (C=O) groups is 14. The maximum absolute atomic E-state index is 12.4. The van der Waals surface area contributed by atoms with Gasteiger partial charge < -0.3 is 75.8 Å². The molecule has 29 heteroatoms. The van der Waals surface area contributed by atoms with E-state index in [9.17, 15) is 77.3 Å². The van der Waals surface area contributed by atoms with E-state index in [0.717, 1.165) is 12.8 Å². The van der Waals surface area contributed by atoms with Crippen molar-refractivity contribution in [1.82, 2.24) is 26.6 Å². The third-order valence-electron chi connectivity index (χ3n) is 20.0. The van der Waals surface area contributed by atoms with Crippen molar-refractivity contribution in [1.29, 1.82) is 0 Å². The Balaban J connectivity index is 0.00000145. The molecule has 16 atom stereocenters. The zero-order valence-corrected chi connectivity index (χ0v) is 76.2. The van der Waals surface area contributed by atoms with Crippen LogP contribution in [0.1, 0.15) is 275 Å². The maximum atomic E-state index is 12.4. The molecule has 1 saturated carbocycles. The molecule has 1 aliphatic carbocycles. The molecule has 3 aliphatic heterocycles. The van der Waals surface area contributed by atoms with Crippen LogP contribution in [0.4, 0.5) is 0 Å². The van der Waals surface area contributed by atoms with Crippen LogP contribution in [0.2, 0.25) is 0 Å². The van der Waals surface area contributed by atoms with Gasteiger partial charge >= 0.3 is 11.9 Å². The Kier molecular flexibility index (Phi) is 53.3. The first-order chi connectivity index (χ1) is 54.7. The van der Waals surface area contributed by atoms with Crippen molar-refractivity contribution in [2.24, 2.45) is 94.2 Å². The molecule has 29 nitrogen and oxygen atoms in total. The van der Waals surface area contributed by atoms with Gasteiger partial charge in [0.25, 0.3) is 0 Å². The smallest absolute Gasteiger partial charge is 0.338 e. The number of Topliss-reactive ketones (excluding diaryl/α,β-unsaturated/α-hetero) is 7. The zero-order chi connectivity index (χ0) is 90.9. The third kappa shape index (κ3) is 51.4. The second-order valence-electron chi connectivity index (χ2n) is 37.7. The molecule has 10 N–H and O–H groups in total. The Hall–Kier alpha value is -6.34. The molecule has 0 aromatic heterocycles. The fraction of sp³-hybridized carbons (Fsp3) is 0.843. The summed E-state index contributed by atoms with van der Waals surface area (Å²) >= 11 is 0. The van der Waals surface area contributed by atoms with Crippen molar-refractivity contribution >= 4 is 82.0 Å². The van der Waals surface area contributed by atoms with Crippen LogP contribution < -0.4 is 26.6 Å². The van der Waals surface area contributed by atoms with Crippen molar-refractivity contribution in [2.45, 2.75) is 323 Å². The van der Waals surface area contributed by atoms with E-state index >= 15 is 0 Å². The normalized spacial score (nSPS) is 20.4. The van der Waals surface area contributed by atoms with Gasteiger partial charge in [-0.25, -0.2) is 4.79 Å². The fourth-order valence-corrected chi connectivity index (χ4v) is 13.1. The van der Waals surface area contributed by atoms with Gasteiger partial charge in [0, 0.05) is 127 Å². The lowest BCUT2D eigenvalue weighted by atomic mass is 9.84. The highest BCUT2D eigenvalue weighted by molar-refractivity contribution is 5.99. The summed E-state index contributed by atoms with van der Waals surface area (Å²) < 4.78 is 25.1. The standard InChI is InChI=1S/C19H33NO5.C18H31NO6.C18H35NO3.2C17H29NO5/c1-6-25-18(23)15-11-14(15)16(21)10-13(9-12(2)3)17(22)20-8-7-19(4,5)24;1-5-24-18(23)16-15(25-16)14(21)9-13(8-11(2)3)17(22)19-7-6-12(4)10-20;1-13(2)9-15(10-16(21)11-18(4,5)6)17(22)19-8-7-14(3)12-20;1-10(2)8-12(16(21)18-7-6-17(4,5)22)9-13(20)15-14(23-15)11(3)19;1-10(2)7-13(17(22)18-6-5-11(3)9-19)8-14(21)16-15(23-16)12(4)20/h12-15,24H,6-11H2,1-5H3,(H,20,22);11-13,15-16,20H,5-10H2,1-4H3,(H,19,22);13-15,20H,7-12H2,1-6H3,(H,19,22);10,12,14-15,22H,6-9H2,1-5H3,(H,18,21);10-11,13,15-16,19H,5-9H2,1-4H3,(H,18,22)/t13-,14+,15+;12?,13-,15-,16+;14?,15-;12-,14-,15-;11?,13-,15-,16-/m11111/s1. The number of nitrogens with one attached hydrogen (secondary N) is 5. The van der Waals surface area contributed by atoms with Crippen LogP contribution in [0.5, 0.6) is 0 Å². The molecule has 0 spiro atoms. The highest BCUT2D eigenvalue weighted by Crippen LogP contribution is 2.42. The second-order valence-corrected chi connectivity index (χ2v) is 37.7. The van der Waals surface area contributed by atoms with Gasteiger partial charge in [0.05, 0.1) is 30.3 Å². The van der Waals surface area contributed by atoms with Gasteiger partial charge in [-0.05, 0) is 179 Å². The number of aliphatic hydroxyl groups is 5. The molecule has 0 aromatic carbocycles. The Morgan fingerprint density at radius 1 is 0.364 bits per heavy atom. The molecule has 4 rings (SSSR count). The molecule has 118 heavy (non-hydrogen) atoms. The van der Waals surface area contributed by atoms with E-state index in [4.69, 9.17) is 39.0 Å². The summed E-state index contributed by atoms with van der Waals surface area (Å²) in [5.41, 5.74) is -1.71. The quantitative estimate of drug-likeness (QED) is 0.0201. The summed E-state index contributed by atoms with van der Waals surface area (Å²) in [5, 5.41) is 60.6. The average Bonchev–Trinajstić information content (AvgIpc) is 1.67. The number of epoxide rings is 3. The predicted molar refractivity (Wildman–Crippen MR) is 449 cm³/mol. The Labute approximate surface area is 704 Å². The van der Waals surface area contributed by atoms with Gasteiger partial charge in [-0.1, -0.05) is 111 Å². The SMILES string of the molecule is CC(=O)[C@H]1O[C@@H]1C(=O)C[C@@H](CC(C)C)C(=O)NCCC(C)(C)O.CC(=O)[C@H]1O[C@@H]1C(=O)C[C@@H](CC(C)C)C(=O)NCCC(C)CO.CC(C)C[C@H](CC(=O)CC(C)(C)C)C(=O)NCCC(C)CO.CCOC(=O)[C@H]1C[C@@H]1C(=O)C[C@@H](CC(C)C)C(=O)NCCC(C)(C)O.CCOC(=O)[C@H]1O[C@@H]1C(=O)C[C@@H](CC(C)C)C(=O)NCCC(C)CO. The van der Waals surface area contributed by atoms with Crippen LogP contribution in [0.25, 0.3) is 0 Å². The van der Waals surface area contributed by atoms with Crippen LogP contribution in [0.3, 0.4) is 0 Å². The van der Waals surface area contributed by atoms with Crippen molar-refractivity contribution in [2.75, 3.05) is 65.8 Å². The molecule has 4 aliphatic rings. The number of ether oxygens (including phenoxy) is 5. The van der Waals surface area contributed by atoms with E-state index in [2.05, 4.69) is 40.4 Å². The number of carbonyl (C=O) groups excluding carboxylic acids is 14. The lowest BCUT2D eigenvalue weighted by molar-refractivity contribution is -0.146. The van der Waals surface area contributed by atoms with Crippen LogP contribution in [-0.2, 0) is 90.8 Å². The summed E-state index contributed by atoms with van der Waals surface area (Å²) in [6, 6.07) is 0. The fourth-order valence-electron chi connectivity index (χ4n) is 13.1. The van der Waals surface area contributed by atoms with Crippen molar-refractivity contribution in [3.63, 3.8) is 0 Å². The molecule has 3 heterocycles. The molecule has 0 radical (unpaired) electrons. The number of rotatable bonds is 54. The molecular formula is C89H157N5O24. The summed E-state index contributed by atoms with van der Waals surface area (Å²) in [6.07, 6.45) is 3.79. The predicted octanol–water partition coefficient (Wildman–Crippen LogP) is 8.68. The lowest BCUT2D eigenvalue weighted by Gasteiger charge is -2.21. The van der Waals surface area contributed by atoms with Crippen molar-refractivity contribution in [3.8, 4) is 0 Å². The van der Waals surface area contributed by atoms with E-state index in [1.54, 1.807) is 41.5 Å². The molecule has 682 valence electrons. The molecule has 0 bridgehead atoms. The number of hydrogen-bond donors (Lipinski definition) is 10. The minimum Gasteiger partial charge on any atom is -0.466 e. The van der Waals surface area contributed by atoms with Gasteiger partial charge in [0.2, 0.25) is 29.5 Å². The zero-order valence-electron chi connectivity index (χ0n) is 76.2. The number of aliphatic hydroxyl groups excluding tert-OH is 3. The topological polar surface area (TPSA) is 456 Å². The second kappa shape index (κ2) is 56.4. The monoisotopic (exact) mass is 1680 g/mol. The van der Waals surface area contributed by atoms with E-state index in [-0.39, 0.29) is 187 Å². The molecular weight excluding hydrogens is 1520 g/mol. The van der Waals surface area contributed by atoms with Crippen LogP contribution >= 0.6 is 0 Å². The van der Waals surface area contributed by atoms with Gasteiger partial charge in [-0.2, -0.15) is 0 Å². The van der Waals surface area contributed by atoms with Crippen LogP contribution in [-0.4, -0.2) is 221 Å². The summed E-state index contributed by atoms with van der Waals surface area (Å²) in [5.74, 6) is -2.83. The van der Waals surface area contributed by atoms with E-state index in [0.29, 0.717) is 122 Å². The molecule has 0 aromatic rings. The van der Waals surface area contributed by atoms with E-state index in [1.165, 1.54) is 13.8 Å². The molecule has 3 unspecified atom stereocenters. The Morgan fingerprint density at radius 3 is 0.881 bits per heavy atom. The highest BCUT2D eigenvalue weighted by Gasteiger charge is 2.53. The van der Waals surface area contributed by atoms with Crippen molar-refractivity contribution in [3.05, 3.63) is 0 Å². The summed E-state index contributed by atoms with van der Waals surface area (Å²) in [4.78, 5) is 169. The number of esters is 2. The van der Waals surface area contributed by atoms with Gasteiger partial charge in [0.15, 0.2) is 41.1 Å². The lowest BCUT2D eigenvalue weighted by Crippen LogP contribution is -2.36. The van der Waals surface area contributed by atoms with Gasteiger partial charge in [-0.15, -0.1) is 0 Å². The number of amides is 5. The van der Waals surface area contributed by atoms with Gasteiger partial charge in [-0.3, -0.25) is 62.3 Å². The summed E-state index contributed by atoms with van der Waals surface area (Å²) in [7, 11) is 0. The largest absolute Gasteiger partial charge is 0.466 e. The third-order valence-corrected chi connectivity index (χ3v) is 20.0. The number of hydrogen-bond acceptors (Lipinski definition) is 24. The van der Waals surface area contributed by atoms with Crippen LogP contribution in [0.15, 0.2) is 0 Å². The van der Waals surface area contributed by atoms with Crippen LogP contribution in [0, 0.1) is 94.2 Å². The average molecular weight is 1680 g/mol. The van der Waals surface area contributed by atoms with E-state index in [1.807, 2.05) is 96.9 Å². The van der Waals surface area contributed by atoms with Crippen molar-refractivity contribution < 1.29 is 116 Å². The first-order valence-electron chi connectivity index (χ1n) is 43.2. The Morgan fingerprint density at radius 2 is 0.627 bits per heavy atom. The Bertz CT molecular complexity index is 3110.